The molecular formula is C19H15F6N3O2S. The van der Waals surface area contributed by atoms with Crippen molar-refractivity contribution >= 4 is 23.6 Å². The van der Waals surface area contributed by atoms with Crippen LogP contribution >= 0.6 is 11.8 Å². The molecule has 1 saturated heterocycles. The van der Waals surface area contributed by atoms with Gasteiger partial charge in [-0.25, -0.2) is 4.98 Å². The van der Waals surface area contributed by atoms with Crippen LogP contribution in [0.5, 0.6) is 0 Å². The summed E-state index contributed by atoms with van der Waals surface area (Å²) in [5, 5.41) is -0.470. The maximum absolute atomic E-state index is 12.9. The number of hydrogen-bond acceptors (Lipinski definition) is 4. The van der Waals surface area contributed by atoms with Gasteiger partial charge in [0.1, 0.15) is 5.03 Å². The van der Waals surface area contributed by atoms with Gasteiger partial charge in [-0.1, -0.05) is 6.07 Å². The molecular weight excluding hydrogens is 448 g/mol. The van der Waals surface area contributed by atoms with E-state index >= 15 is 0 Å². The Hall–Kier alpha value is -2.76. The minimum atomic E-state index is -4.61. The van der Waals surface area contributed by atoms with Gasteiger partial charge >= 0.3 is 11.7 Å². The Bertz CT molecular complexity index is 972. The summed E-state index contributed by atoms with van der Waals surface area (Å²) < 4.78 is 76.7. The fourth-order valence-electron chi connectivity index (χ4n) is 3.04. The first kappa shape index (κ1) is 22.9. The first-order chi connectivity index (χ1) is 14.5. The van der Waals surface area contributed by atoms with E-state index in [4.69, 9.17) is 0 Å². The summed E-state index contributed by atoms with van der Waals surface area (Å²) in [7, 11) is 0. The van der Waals surface area contributed by atoms with Crippen molar-refractivity contribution in [2.75, 3.05) is 26.2 Å². The monoisotopic (exact) mass is 463 g/mol. The highest BCUT2D eigenvalue weighted by Crippen LogP contribution is 2.37. The van der Waals surface area contributed by atoms with Crippen LogP contribution in [0.25, 0.3) is 0 Å². The van der Waals surface area contributed by atoms with E-state index < -0.39 is 45.9 Å². The van der Waals surface area contributed by atoms with Gasteiger partial charge in [0.05, 0.1) is 11.1 Å². The number of carbonyl (C=O) groups excluding carboxylic acids is 2. The van der Waals surface area contributed by atoms with E-state index in [2.05, 4.69) is 4.98 Å². The predicted molar refractivity (Wildman–Crippen MR) is 99.4 cm³/mol. The van der Waals surface area contributed by atoms with Crippen LogP contribution in [-0.4, -0.2) is 58.3 Å². The lowest BCUT2D eigenvalue weighted by atomic mass is 10.1. The third-order valence-electron chi connectivity index (χ3n) is 4.50. The molecule has 2 aromatic rings. The first-order valence-corrected chi connectivity index (χ1v) is 9.74. The quantitative estimate of drug-likeness (QED) is 0.503. The minimum Gasteiger partial charge on any atom is -0.335 e. The van der Waals surface area contributed by atoms with Crippen LogP contribution in [0.1, 0.15) is 26.3 Å². The van der Waals surface area contributed by atoms with Crippen molar-refractivity contribution in [2.45, 2.75) is 16.7 Å². The van der Waals surface area contributed by atoms with Gasteiger partial charge in [-0.2, -0.15) is 26.3 Å². The van der Waals surface area contributed by atoms with Gasteiger partial charge in [0.25, 0.3) is 11.8 Å². The van der Waals surface area contributed by atoms with Crippen molar-refractivity contribution in [3.8, 4) is 0 Å². The van der Waals surface area contributed by atoms with Crippen molar-refractivity contribution in [3.63, 3.8) is 0 Å². The normalized spacial score (nSPS) is 15.2. The van der Waals surface area contributed by atoms with Gasteiger partial charge in [-0.05, 0) is 30.3 Å². The highest BCUT2D eigenvalue weighted by Gasteiger charge is 2.34. The van der Waals surface area contributed by atoms with Gasteiger partial charge in [-0.15, -0.1) is 0 Å². The molecule has 2 amide bonds. The summed E-state index contributed by atoms with van der Waals surface area (Å²) in [6, 6.07) is 6.61. The lowest BCUT2D eigenvalue weighted by Crippen LogP contribution is -2.50. The number of benzene rings is 1. The van der Waals surface area contributed by atoms with Gasteiger partial charge in [0, 0.05) is 49.7 Å². The van der Waals surface area contributed by atoms with Crippen molar-refractivity contribution in [1.82, 2.24) is 14.8 Å². The second kappa shape index (κ2) is 8.77. The van der Waals surface area contributed by atoms with Crippen LogP contribution < -0.4 is 0 Å². The molecule has 1 aliphatic rings. The van der Waals surface area contributed by atoms with Crippen molar-refractivity contribution in [3.05, 3.63) is 59.3 Å². The Morgan fingerprint density at radius 3 is 2.06 bits per heavy atom. The van der Waals surface area contributed by atoms with Crippen LogP contribution in [0.4, 0.5) is 26.3 Å². The molecule has 0 atom stereocenters. The average molecular weight is 463 g/mol. The van der Waals surface area contributed by atoms with Gasteiger partial charge in [0.2, 0.25) is 0 Å². The van der Waals surface area contributed by atoms with Gasteiger partial charge in [-0.3, -0.25) is 9.59 Å². The number of carbonyl (C=O) groups is 2. The highest BCUT2D eigenvalue weighted by atomic mass is 32.2. The SMILES string of the molecule is O=C(c1cccc(C(F)(F)F)c1)N1CCN(C(=O)c2cccnc2SC(F)(F)F)CC1. The Labute approximate surface area is 177 Å². The van der Waals surface area contributed by atoms with Crippen LogP contribution in [0, 0.1) is 0 Å². The van der Waals surface area contributed by atoms with E-state index in [1.807, 2.05) is 0 Å². The Kier molecular flexibility index (Phi) is 6.48. The molecule has 1 fully saturated rings. The standard InChI is InChI=1S/C19H15F6N3O2S/c20-18(21,22)13-4-1-3-12(11-13)16(29)27-7-9-28(10-8-27)17(30)14-5-2-6-26-15(14)31-19(23,24)25/h1-6,11H,7-10H2. The summed E-state index contributed by atoms with van der Waals surface area (Å²) >= 11 is -0.489. The second-order valence-corrected chi connectivity index (χ2v) is 7.62. The average Bonchev–Trinajstić information content (AvgIpc) is 2.71. The van der Waals surface area contributed by atoms with E-state index in [-0.39, 0.29) is 37.3 Å². The molecule has 0 unspecified atom stereocenters. The molecule has 0 spiro atoms. The maximum atomic E-state index is 12.9. The summed E-state index contributed by atoms with van der Waals surface area (Å²) in [5.41, 5.74) is -5.90. The highest BCUT2D eigenvalue weighted by molar-refractivity contribution is 8.00. The number of hydrogen-bond donors (Lipinski definition) is 0. The fraction of sp³-hybridized carbons (Fsp3) is 0.316. The third kappa shape index (κ3) is 5.69. The molecule has 1 aromatic carbocycles. The zero-order valence-corrected chi connectivity index (χ0v) is 16.5. The predicted octanol–water partition coefficient (Wildman–Crippen LogP) is 4.31. The molecule has 0 saturated carbocycles. The number of amides is 2. The Morgan fingerprint density at radius 1 is 0.871 bits per heavy atom. The zero-order chi connectivity index (χ0) is 22.8. The number of nitrogens with zero attached hydrogens (tertiary/aromatic N) is 3. The van der Waals surface area contributed by atoms with E-state index in [0.717, 1.165) is 24.4 Å². The lowest BCUT2D eigenvalue weighted by Gasteiger charge is -2.35. The molecule has 5 nitrogen and oxygen atoms in total. The molecule has 0 N–H and O–H groups in total. The topological polar surface area (TPSA) is 53.5 Å². The molecule has 31 heavy (non-hydrogen) atoms. The van der Waals surface area contributed by atoms with E-state index in [1.54, 1.807) is 0 Å². The first-order valence-electron chi connectivity index (χ1n) is 8.92. The fourth-order valence-corrected chi connectivity index (χ4v) is 3.64. The molecule has 1 aromatic heterocycles. The third-order valence-corrected chi connectivity index (χ3v) is 5.26. The van der Waals surface area contributed by atoms with Gasteiger partial charge < -0.3 is 9.80 Å². The van der Waals surface area contributed by atoms with E-state index in [0.29, 0.717) is 0 Å². The Morgan fingerprint density at radius 2 is 1.48 bits per heavy atom. The number of rotatable bonds is 3. The number of pyridine rings is 1. The summed E-state index contributed by atoms with van der Waals surface area (Å²) in [4.78, 5) is 31.5. The Balaban J connectivity index is 1.68. The molecule has 0 aliphatic carbocycles. The number of aromatic nitrogens is 1. The van der Waals surface area contributed by atoms with Crippen molar-refractivity contribution < 1.29 is 35.9 Å². The number of thioether (sulfide) groups is 1. The zero-order valence-electron chi connectivity index (χ0n) is 15.7. The molecule has 12 heteroatoms. The number of halogens is 6. The van der Waals surface area contributed by atoms with Crippen LogP contribution in [0.2, 0.25) is 0 Å². The molecule has 166 valence electrons. The summed E-state index contributed by atoms with van der Waals surface area (Å²) in [6.45, 7) is 0.106. The second-order valence-electron chi connectivity index (χ2n) is 6.57. The maximum Gasteiger partial charge on any atom is 0.447 e. The van der Waals surface area contributed by atoms with Crippen molar-refractivity contribution in [2.24, 2.45) is 0 Å². The lowest BCUT2D eigenvalue weighted by molar-refractivity contribution is -0.137. The van der Waals surface area contributed by atoms with E-state index in [1.165, 1.54) is 28.0 Å². The van der Waals surface area contributed by atoms with Crippen LogP contribution in [-0.2, 0) is 6.18 Å². The summed E-state index contributed by atoms with van der Waals surface area (Å²) in [6.07, 6.45) is -3.44. The smallest absolute Gasteiger partial charge is 0.335 e. The van der Waals surface area contributed by atoms with Crippen LogP contribution in [0.3, 0.4) is 0 Å². The molecule has 2 heterocycles. The number of alkyl halides is 6. The molecule has 3 rings (SSSR count). The number of piperazine rings is 1. The molecule has 0 bridgehead atoms. The van der Waals surface area contributed by atoms with E-state index in [9.17, 15) is 35.9 Å². The molecule has 0 radical (unpaired) electrons. The van der Waals surface area contributed by atoms with Crippen molar-refractivity contribution in [1.29, 1.82) is 0 Å². The van der Waals surface area contributed by atoms with Crippen LogP contribution in [0.15, 0.2) is 47.6 Å². The minimum absolute atomic E-state index is 0.0224. The van der Waals surface area contributed by atoms with Gasteiger partial charge in [0.15, 0.2) is 0 Å². The largest absolute Gasteiger partial charge is 0.447 e. The molecule has 1 aliphatic heterocycles. The summed E-state index contributed by atoms with van der Waals surface area (Å²) in [5.74, 6) is -1.28.